The van der Waals surface area contributed by atoms with E-state index in [4.69, 9.17) is 28.9 Å². The summed E-state index contributed by atoms with van der Waals surface area (Å²) in [6.07, 6.45) is 0.760. The van der Waals surface area contributed by atoms with E-state index in [1.165, 1.54) is 16.4 Å². The van der Waals surface area contributed by atoms with Crippen molar-refractivity contribution in [2.24, 2.45) is 11.1 Å². The maximum absolute atomic E-state index is 12.6. The number of hydrogen-bond donors (Lipinski definition) is 1. The van der Waals surface area contributed by atoms with Crippen LogP contribution in [0.25, 0.3) is 0 Å². The van der Waals surface area contributed by atoms with E-state index in [-0.39, 0.29) is 22.7 Å². The summed E-state index contributed by atoms with van der Waals surface area (Å²) in [6, 6.07) is 2.91. The van der Waals surface area contributed by atoms with Gasteiger partial charge in [-0.25, -0.2) is 8.42 Å². The quantitative estimate of drug-likeness (QED) is 0.885. The molecule has 120 valence electrons. The Morgan fingerprint density at radius 1 is 1.33 bits per heavy atom. The van der Waals surface area contributed by atoms with E-state index in [9.17, 15) is 8.42 Å². The summed E-state index contributed by atoms with van der Waals surface area (Å²) in [5.41, 5.74) is 6.24. The van der Waals surface area contributed by atoms with E-state index in [0.29, 0.717) is 35.2 Å². The molecule has 1 aromatic rings. The Balaban J connectivity index is 0.00000220. The van der Waals surface area contributed by atoms with E-state index in [1.807, 2.05) is 6.92 Å². The maximum Gasteiger partial charge on any atom is 0.243 e. The molecule has 1 aromatic carbocycles. The van der Waals surface area contributed by atoms with Gasteiger partial charge in [-0.15, -0.1) is 12.4 Å². The van der Waals surface area contributed by atoms with Crippen LogP contribution in [-0.4, -0.2) is 32.4 Å². The lowest BCUT2D eigenvalue weighted by Crippen LogP contribution is -2.34. The minimum atomic E-state index is -3.57. The van der Waals surface area contributed by atoms with E-state index in [2.05, 4.69) is 0 Å². The van der Waals surface area contributed by atoms with Crippen LogP contribution in [0.1, 0.15) is 18.9 Å². The van der Waals surface area contributed by atoms with Crippen molar-refractivity contribution >= 4 is 45.6 Å². The molecule has 2 N–H and O–H groups in total. The number of sulfonamides is 1. The van der Waals surface area contributed by atoms with Gasteiger partial charge in [0.1, 0.15) is 0 Å². The van der Waals surface area contributed by atoms with E-state index in [1.54, 1.807) is 6.92 Å². The molecule has 4 nitrogen and oxygen atoms in total. The first-order valence-electron chi connectivity index (χ1n) is 6.35. The van der Waals surface area contributed by atoms with Gasteiger partial charge in [-0.2, -0.15) is 4.31 Å². The minimum absolute atomic E-state index is 0. The number of nitrogens with two attached hydrogens (primary N) is 1. The standard InChI is InChI=1S/C13H18Cl2N2O2S.ClH/c1-9-11(14)5-10(6-12(9)15)20(18,19)17-4-3-13(2,7-16)8-17;/h5-6H,3-4,7-8,16H2,1-2H3;1H. The molecule has 0 aromatic heterocycles. The van der Waals surface area contributed by atoms with Gasteiger partial charge in [0.2, 0.25) is 10.0 Å². The maximum atomic E-state index is 12.6. The third kappa shape index (κ3) is 3.66. The van der Waals surface area contributed by atoms with Crippen LogP contribution in [0.5, 0.6) is 0 Å². The smallest absolute Gasteiger partial charge is 0.243 e. The van der Waals surface area contributed by atoms with Crippen LogP contribution >= 0.6 is 35.6 Å². The van der Waals surface area contributed by atoms with E-state index in [0.717, 1.165) is 6.42 Å². The molecule has 2 rings (SSSR count). The second-order valence-corrected chi connectivity index (χ2v) is 8.37. The highest BCUT2D eigenvalue weighted by Crippen LogP contribution is 2.34. The molecule has 1 aliphatic rings. The summed E-state index contributed by atoms with van der Waals surface area (Å²) in [5.74, 6) is 0. The van der Waals surface area contributed by atoms with Crippen molar-refractivity contribution in [3.63, 3.8) is 0 Å². The predicted octanol–water partition coefficient (Wildman–Crippen LogP) is 3.08. The predicted molar refractivity (Wildman–Crippen MR) is 89.0 cm³/mol. The first-order valence-corrected chi connectivity index (χ1v) is 8.55. The Hall–Kier alpha value is -0.0400. The van der Waals surface area contributed by atoms with Crippen LogP contribution in [-0.2, 0) is 10.0 Å². The highest BCUT2D eigenvalue weighted by Gasteiger charge is 2.39. The van der Waals surface area contributed by atoms with Crippen LogP contribution in [0.15, 0.2) is 17.0 Å². The molecule has 1 saturated heterocycles. The molecule has 0 aliphatic carbocycles. The second kappa shape index (κ2) is 6.60. The van der Waals surface area contributed by atoms with Crippen LogP contribution < -0.4 is 5.73 Å². The number of halogens is 3. The minimum Gasteiger partial charge on any atom is -0.330 e. The van der Waals surface area contributed by atoms with Crippen LogP contribution in [0.3, 0.4) is 0 Å². The summed E-state index contributed by atoms with van der Waals surface area (Å²) in [7, 11) is -3.57. The van der Waals surface area contributed by atoms with Gasteiger partial charge in [-0.05, 0) is 43.0 Å². The zero-order valence-corrected chi connectivity index (χ0v) is 15.0. The summed E-state index contributed by atoms with van der Waals surface area (Å²) < 4.78 is 26.7. The molecule has 1 heterocycles. The Kier molecular flexibility index (Phi) is 5.98. The van der Waals surface area contributed by atoms with Gasteiger partial charge in [0.25, 0.3) is 0 Å². The average molecular weight is 374 g/mol. The molecular weight excluding hydrogens is 355 g/mol. The van der Waals surface area contributed by atoms with Crippen molar-refractivity contribution < 1.29 is 8.42 Å². The molecule has 0 radical (unpaired) electrons. The largest absolute Gasteiger partial charge is 0.330 e. The van der Waals surface area contributed by atoms with Crippen molar-refractivity contribution in [2.75, 3.05) is 19.6 Å². The normalized spacial score (nSPS) is 23.1. The highest BCUT2D eigenvalue weighted by molar-refractivity contribution is 7.89. The first kappa shape index (κ1) is 19.0. The van der Waals surface area contributed by atoms with Gasteiger partial charge in [0.15, 0.2) is 0 Å². The van der Waals surface area contributed by atoms with Crippen LogP contribution in [0.4, 0.5) is 0 Å². The molecule has 1 atom stereocenters. The Morgan fingerprint density at radius 2 is 1.86 bits per heavy atom. The molecule has 0 saturated carbocycles. The summed E-state index contributed by atoms with van der Waals surface area (Å²) in [4.78, 5) is 0.138. The lowest BCUT2D eigenvalue weighted by Gasteiger charge is -2.22. The molecule has 1 aliphatic heterocycles. The number of benzene rings is 1. The monoisotopic (exact) mass is 372 g/mol. The third-order valence-electron chi connectivity index (χ3n) is 3.91. The zero-order valence-electron chi connectivity index (χ0n) is 11.9. The SMILES string of the molecule is Cc1c(Cl)cc(S(=O)(=O)N2CCC(C)(CN)C2)cc1Cl.Cl. The van der Waals surface area contributed by atoms with Crippen molar-refractivity contribution in [1.82, 2.24) is 4.31 Å². The molecule has 0 bridgehead atoms. The summed E-state index contributed by atoms with van der Waals surface area (Å²) in [5, 5.41) is 0.716. The van der Waals surface area contributed by atoms with Crippen LogP contribution in [0, 0.1) is 12.3 Å². The van der Waals surface area contributed by atoms with Crippen LogP contribution in [0.2, 0.25) is 10.0 Å². The Bertz CT molecular complexity index is 613. The Labute approximate surface area is 142 Å². The van der Waals surface area contributed by atoms with Gasteiger partial charge in [-0.3, -0.25) is 0 Å². The third-order valence-corrected chi connectivity index (χ3v) is 6.52. The number of nitrogens with zero attached hydrogens (tertiary/aromatic N) is 1. The molecule has 21 heavy (non-hydrogen) atoms. The van der Waals surface area contributed by atoms with E-state index < -0.39 is 10.0 Å². The van der Waals surface area contributed by atoms with Gasteiger partial charge in [0.05, 0.1) is 4.90 Å². The number of rotatable bonds is 3. The van der Waals surface area contributed by atoms with Crippen molar-refractivity contribution in [1.29, 1.82) is 0 Å². The van der Waals surface area contributed by atoms with Gasteiger partial charge in [0, 0.05) is 23.1 Å². The lowest BCUT2D eigenvalue weighted by atomic mass is 9.90. The molecule has 8 heteroatoms. The zero-order chi connectivity index (χ0) is 15.1. The summed E-state index contributed by atoms with van der Waals surface area (Å²) >= 11 is 12.1. The summed E-state index contributed by atoms with van der Waals surface area (Å²) in [6.45, 7) is 5.11. The lowest BCUT2D eigenvalue weighted by molar-refractivity contribution is 0.349. The average Bonchev–Trinajstić information content (AvgIpc) is 2.79. The van der Waals surface area contributed by atoms with E-state index >= 15 is 0 Å². The van der Waals surface area contributed by atoms with Gasteiger partial charge < -0.3 is 5.73 Å². The topological polar surface area (TPSA) is 63.4 Å². The van der Waals surface area contributed by atoms with Gasteiger partial charge in [-0.1, -0.05) is 30.1 Å². The molecular formula is C13H19Cl3N2O2S. The second-order valence-electron chi connectivity index (χ2n) is 5.62. The van der Waals surface area contributed by atoms with Crippen molar-refractivity contribution in [3.05, 3.63) is 27.7 Å². The fourth-order valence-corrected chi connectivity index (χ4v) is 4.53. The molecule has 1 unspecified atom stereocenters. The molecule has 0 spiro atoms. The Morgan fingerprint density at radius 3 is 2.29 bits per heavy atom. The first-order chi connectivity index (χ1) is 9.19. The van der Waals surface area contributed by atoms with Crippen molar-refractivity contribution in [3.8, 4) is 0 Å². The van der Waals surface area contributed by atoms with Crippen molar-refractivity contribution in [2.45, 2.75) is 25.2 Å². The highest BCUT2D eigenvalue weighted by atomic mass is 35.5. The fourth-order valence-electron chi connectivity index (χ4n) is 2.27. The molecule has 0 amide bonds. The number of hydrogen-bond acceptors (Lipinski definition) is 3. The molecule has 1 fully saturated rings. The van der Waals surface area contributed by atoms with Gasteiger partial charge >= 0.3 is 0 Å². The fraction of sp³-hybridized carbons (Fsp3) is 0.538.